The number of likely N-dealkylation sites (tertiary alicyclic amines) is 1. The second-order valence-electron chi connectivity index (χ2n) is 6.90. The minimum atomic E-state index is 0.0781. The van der Waals surface area contributed by atoms with E-state index in [1.807, 2.05) is 4.68 Å². The third-order valence-electron chi connectivity index (χ3n) is 4.84. The summed E-state index contributed by atoms with van der Waals surface area (Å²) < 4.78 is 1.82. The summed E-state index contributed by atoms with van der Waals surface area (Å²) in [6, 6.07) is 0. The Labute approximate surface area is 133 Å². The molecule has 0 radical (unpaired) electrons. The van der Waals surface area contributed by atoms with Crippen LogP contribution in [0.25, 0.3) is 0 Å². The van der Waals surface area contributed by atoms with Crippen LogP contribution in [0.5, 0.6) is 0 Å². The van der Waals surface area contributed by atoms with Crippen LogP contribution in [0.2, 0.25) is 0 Å². The fourth-order valence-corrected chi connectivity index (χ4v) is 3.56. The number of aromatic nitrogens is 2. The van der Waals surface area contributed by atoms with Gasteiger partial charge in [0.2, 0.25) is 5.91 Å². The number of aryl methyl sites for hydroxylation is 1. The maximum atomic E-state index is 12.0. The van der Waals surface area contributed by atoms with Gasteiger partial charge in [0.25, 0.3) is 0 Å². The van der Waals surface area contributed by atoms with Crippen molar-refractivity contribution in [1.29, 1.82) is 0 Å². The van der Waals surface area contributed by atoms with Crippen LogP contribution in [0, 0.1) is 5.92 Å². The number of amides is 1. The van der Waals surface area contributed by atoms with Gasteiger partial charge in [-0.3, -0.25) is 9.48 Å². The summed E-state index contributed by atoms with van der Waals surface area (Å²) in [5, 5.41) is 7.58. The van der Waals surface area contributed by atoms with Crippen molar-refractivity contribution >= 4 is 5.91 Å². The molecule has 1 aliphatic carbocycles. The summed E-state index contributed by atoms with van der Waals surface area (Å²) in [4.78, 5) is 14.5. The minimum absolute atomic E-state index is 0.0781. The highest BCUT2D eigenvalue weighted by Crippen LogP contribution is 2.23. The van der Waals surface area contributed by atoms with E-state index in [1.54, 1.807) is 0 Å². The number of carbonyl (C=O) groups is 1. The van der Waals surface area contributed by atoms with E-state index < -0.39 is 0 Å². The Morgan fingerprint density at radius 3 is 3.05 bits per heavy atom. The topological polar surface area (TPSA) is 50.2 Å². The zero-order chi connectivity index (χ0) is 15.4. The second kappa shape index (κ2) is 7.27. The van der Waals surface area contributed by atoms with E-state index in [0.29, 0.717) is 6.54 Å². The van der Waals surface area contributed by atoms with Crippen LogP contribution in [0.3, 0.4) is 0 Å². The molecular weight excluding hydrogens is 276 g/mol. The lowest BCUT2D eigenvalue weighted by molar-refractivity contribution is -0.121. The molecule has 0 saturated carbocycles. The first kappa shape index (κ1) is 15.5. The second-order valence-corrected chi connectivity index (χ2v) is 6.90. The maximum absolute atomic E-state index is 12.0. The first-order valence-corrected chi connectivity index (χ1v) is 8.75. The first-order chi connectivity index (χ1) is 10.7. The van der Waals surface area contributed by atoms with Crippen molar-refractivity contribution in [2.24, 2.45) is 5.92 Å². The summed E-state index contributed by atoms with van der Waals surface area (Å²) in [6.07, 6.45) is 9.14. The van der Waals surface area contributed by atoms with E-state index in [9.17, 15) is 4.79 Å². The van der Waals surface area contributed by atoms with Gasteiger partial charge in [-0.05, 0) is 69.6 Å². The zero-order valence-corrected chi connectivity index (χ0v) is 13.7. The van der Waals surface area contributed by atoms with Gasteiger partial charge >= 0.3 is 0 Å². The van der Waals surface area contributed by atoms with Gasteiger partial charge in [-0.15, -0.1) is 0 Å². The van der Waals surface area contributed by atoms with Crippen LogP contribution >= 0.6 is 0 Å². The largest absolute Gasteiger partial charge is 0.354 e. The van der Waals surface area contributed by atoms with Crippen LogP contribution in [0.4, 0.5) is 0 Å². The number of rotatable bonds is 6. The fourth-order valence-electron chi connectivity index (χ4n) is 3.56. The van der Waals surface area contributed by atoms with Crippen molar-refractivity contribution in [2.75, 3.05) is 26.2 Å². The molecule has 0 aromatic carbocycles. The number of hydrogen-bond donors (Lipinski definition) is 1. The van der Waals surface area contributed by atoms with Crippen molar-refractivity contribution < 1.29 is 4.79 Å². The van der Waals surface area contributed by atoms with Crippen molar-refractivity contribution in [2.45, 2.75) is 52.0 Å². The average Bonchev–Trinajstić information content (AvgIpc) is 3.12. The third kappa shape index (κ3) is 4.09. The molecule has 1 aliphatic heterocycles. The van der Waals surface area contributed by atoms with Crippen molar-refractivity contribution in [1.82, 2.24) is 20.0 Å². The van der Waals surface area contributed by atoms with E-state index >= 15 is 0 Å². The van der Waals surface area contributed by atoms with Crippen molar-refractivity contribution in [3.8, 4) is 0 Å². The van der Waals surface area contributed by atoms with Gasteiger partial charge in [0, 0.05) is 12.7 Å². The zero-order valence-electron chi connectivity index (χ0n) is 13.7. The Bertz CT molecular complexity index is 505. The number of carbonyl (C=O) groups excluding carboxylic acids is 1. The van der Waals surface area contributed by atoms with Crippen LogP contribution in [0.15, 0.2) is 6.20 Å². The standard InChI is InChI=1S/C17H28N4O/c1-14-5-6-16-15(11-14)12-21(19-16)13-17(22)18-7-4-10-20-8-2-3-9-20/h12,14H,2-11,13H2,1H3,(H,18,22). The van der Waals surface area contributed by atoms with E-state index in [4.69, 9.17) is 0 Å². The predicted octanol–water partition coefficient (Wildman–Crippen LogP) is 1.61. The number of nitrogens with one attached hydrogen (secondary N) is 1. The van der Waals surface area contributed by atoms with Crippen LogP contribution < -0.4 is 5.32 Å². The molecule has 1 aromatic heterocycles. The van der Waals surface area contributed by atoms with Gasteiger partial charge in [0.05, 0.1) is 5.69 Å². The normalized spacial score (nSPS) is 21.8. The monoisotopic (exact) mass is 304 g/mol. The van der Waals surface area contributed by atoms with E-state index in [-0.39, 0.29) is 5.91 Å². The van der Waals surface area contributed by atoms with Gasteiger partial charge in [0.1, 0.15) is 6.54 Å². The summed E-state index contributed by atoms with van der Waals surface area (Å²) in [6.45, 7) is 6.97. The lowest BCUT2D eigenvalue weighted by Crippen LogP contribution is -2.31. The molecule has 1 unspecified atom stereocenters. The Balaban J connectivity index is 1.38. The van der Waals surface area contributed by atoms with Crippen LogP contribution in [-0.4, -0.2) is 46.8 Å². The molecule has 1 saturated heterocycles. The molecule has 1 fully saturated rings. The van der Waals surface area contributed by atoms with Crippen molar-refractivity contribution in [3.63, 3.8) is 0 Å². The molecule has 2 heterocycles. The summed E-state index contributed by atoms with van der Waals surface area (Å²) in [7, 11) is 0. The van der Waals surface area contributed by atoms with Crippen LogP contribution in [-0.2, 0) is 24.2 Å². The van der Waals surface area contributed by atoms with Gasteiger partial charge < -0.3 is 10.2 Å². The molecule has 5 nitrogen and oxygen atoms in total. The van der Waals surface area contributed by atoms with E-state index in [1.165, 1.54) is 43.6 Å². The molecule has 0 spiro atoms. The Morgan fingerprint density at radius 2 is 2.23 bits per heavy atom. The molecule has 1 aromatic rings. The molecule has 2 aliphatic rings. The molecular formula is C17H28N4O. The lowest BCUT2D eigenvalue weighted by atomic mass is 9.89. The molecule has 0 bridgehead atoms. The molecule has 22 heavy (non-hydrogen) atoms. The lowest BCUT2D eigenvalue weighted by Gasteiger charge is -2.15. The average molecular weight is 304 g/mol. The van der Waals surface area contributed by atoms with Gasteiger partial charge in [0.15, 0.2) is 0 Å². The summed E-state index contributed by atoms with van der Waals surface area (Å²) in [5.74, 6) is 0.818. The molecule has 1 N–H and O–H groups in total. The number of fused-ring (bicyclic) bond motifs is 1. The Morgan fingerprint density at radius 1 is 1.41 bits per heavy atom. The summed E-state index contributed by atoms with van der Waals surface area (Å²) >= 11 is 0. The Hall–Kier alpha value is -1.36. The smallest absolute Gasteiger partial charge is 0.241 e. The van der Waals surface area contributed by atoms with Gasteiger partial charge in [-0.25, -0.2) is 0 Å². The molecule has 1 atom stereocenters. The van der Waals surface area contributed by atoms with Gasteiger partial charge in [-0.2, -0.15) is 5.10 Å². The highest BCUT2D eigenvalue weighted by molar-refractivity contribution is 5.75. The molecule has 122 valence electrons. The SMILES string of the molecule is CC1CCc2nn(CC(=O)NCCCN3CCCC3)cc2C1. The molecule has 5 heteroatoms. The fraction of sp³-hybridized carbons (Fsp3) is 0.765. The third-order valence-corrected chi connectivity index (χ3v) is 4.84. The van der Waals surface area contributed by atoms with Gasteiger partial charge in [-0.1, -0.05) is 6.92 Å². The minimum Gasteiger partial charge on any atom is -0.354 e. The Kier molecular flexibility index (Phi) is 5.13. The van der Waals surface area contributed by atoms with E-state index in [2.05, 4.69) is 28.4 Å². The molecule has 1 amide bonds. The van der Waals surface area contributed by atoms with Crippen LogP contribution in [0.1, 0.15) is 43.9 Å². The summed E-state index contributed by atoms with van der Waals surface area (Å²) in [5.41, 5.74) is 2.53. The van der Waals surface area contributed by atoms with Crippen molar-refractivity contribution in [3.05, 3.63) is 17.5 Å². The molecule has 3 rings (SSSR count). The number of hydrogen-bond acceptors (Lipinski definition) is 3. The highest BCUT2D eigenvalue weighted by Gasteiger charge is 2.19. The predicted molar refractivity (Wildman–Crippen MR) is 86.7 cm³/mol. The highest BCUT2D eigenvalue weighted by atomic mass is 16.2. The van der Waals surface area contributed by atoms with E-state index in [0.717, 1.165) is 38.3 Å². The first-order valence-electron chi connectivity index (χ1n) is 8.75. The quantitative estimate of drug-likeness (QED) is 0.812. The maximum Gasteiger partial charge on any atom is 0.241 e. The number of nitrogens with zero attached hydrogens (tertiary/aromatic N) is 3.